The molecule has 36 heavy (non-hydrogen) atoms. The highest BCUT2D eigenvalue weighted by atomic mass is 35.5. The largest absolute Gasteiger partial charge is 0.466 e. The van der Waals surface area contributed by atoms with Gasteiger partial charge in [-0.15, -0.1) is 12.4 Å². The Bertz CT molecular complexity index is 1180. The van der Waals surface area contributed by atoms with Crippen LogP contribution in [0.5, 0.6) is 0 Å². The fourth-order valence-corrected chi connectivity index (χ4v) is 4.42. The van der Waals surface area contributed by atoms with E-state index in [1.165, 1.54) is 19.2 Å². The molecule has 192 valence electrons. The number of non-ortho nitro benzene ring substituents is 1. The maximum atomic E-state index is 13.3. The number of carbonyl (C=O) groups is 2. The van der Waals surface area contributed by atoms with Crippen LogP contribution in [0.15, 0.2) is 76.9 Å². The van der Waals surface area contributed by atoms with Crippen LogP contribution in [0, 0.1) is 10.1 Å². The Morgan fingerprint density at radius 3 is 2.28 bits per heavy atom. The molecule has 0 fully saturated rings. The van der Waals surface area contributed by atoms with Crippen LogP contribution in [0.25, 0.3) is 0 Å². The third-order valence-corrected chi connectivity index (χ3v) is 6.07. The van der Waals surface area contributed by atoms with Gasteiger partial charge < -0.3 is 9.47 Å². The highest BCUT2D eigenvalue weighted by Crippen LogP contribution is 2.43. The average molecular weight is 515 g/mol. The Hall–Kier alpha value is -3.49. The van der Waals surface area contributed by atoms with Crippen LogP contribution < -0.4 is 0 Å². The summed E-state index contributed by atoms with van der Waals surface area (Å²) in [5.74, 6) is -1.92. The zero-order valence-corrected chi connectivity index (χ0v) is 21.7. The highest BCUT2D eigenvalue weighted by Gasteiger charge is 2.37. The lowest BCUT2D eigenvalue weighted by Crippen LogP contribution is -2.28. The van der Waals surface area contributed by atoms with Gasteiger partial charge in [-0.25, -0.2) is 9.59 Å². The molecule has 0 aliphatic heterocycles. The first kappa shape index (κ1) is 28.7. The van der Waals surface area contributed by atoms with E-state index in [1.54, 1.807) is 19.1 Å². The molecule has 9 heteroatoms. The van der Waals surface area contributed by atoms with Crippen molar-refractivity contribution >= 4 is 30.0 Å². The summed E-state index contributed by atoms with van der Waals surface area (Å²) in [4.78, 5) is 39.0. The molecule has 0 aromatic heterocycles. The standard InChI is InChI=1S/C27H30N2O6.ClH/c1-18-15-19(2)24(27(31)35-14-13-28(3)17-20-9-6-5-7-10-20)25(23(18)26(30)34-4)21-11-8-12-22(16-21)29(32)33;/h5-12,16,25H,13-15,17H2,1-4H3;1H. The number of nitro groups is 1. The summed E-state index contributed by atoms with van der Waals surface area (Å²) in [6.07, 6.45) is 0.411. The molecule has 0 spiro atoms. The fraction of sp³-hybridized carbons (Fsp3) is 0.333. The number of nitrogens with zero attached hydrogens (tertiary/aromatic N) is 2. The monoisotopic (exact) mass is 514 g/mol. The molecule has 0 radical (unpaired) electrons. The van der Waals surface area contributed by atoms with Gasteiger partial charge in [-0.1, -0.05) is 53.6 Å². The van der Waals surface area contributed by atoms with Crippen molar-refractivity contribution in [3.05, 3.63) is 98.1 Å². The van der Waals surface area contributed by atoms with E-state index < -0.39 is 22.8 Å². The summed E-state index contributed by atoms with van der Waals surface area (Å²) in [6, 6.07) is 16.0. The van der Waals surface area contributed by atoms with E-state index in [2.05, 4.69) is 0 Å². The Morgan fingerprint density at radius 1 is 1.03 bits per heavy atom. The van der Waals surface area contributed by atoms with Gasteiger partial charge in [0.1, 0.15) is 6.61 Å². The summed E-state index contributed by atoms with van der Waals surface area (Å²) < 4.78 is 10.6. The molecule has 0 saturated carbocycles. The van der Waals surface area contributed by atoms with Crippen LogP contribution in [0.1, 0.15) is 37.3 Å². The normalized spacial score (nSPS) is 15.4. The molecule has 0 bridgehead atoms. The summed E-state index contributed by atoms with van der Waals surface area (Å²) in [6.45, 7) is 5.02. The number of methoxy groups -OCH3 is 1. The van der Waals surface area contributed by atoms with Crippen LogP contribution in [0.4, 0.5) is 5.69 Å². The number of benzene rings is 2. The minimum Gasteiger partial charge on any atom is -0.466 e. The fourth-order valence-electron chi connectivity index (χ4n) is 4.42. The second-order valence-corrected chi connectivity index (χ2v) is 8.70. The molecule has 8 nitrogen and oxygen atoms in total. The zero-order valence-electron chi connectivity index (χ0n) is 20.9. The van der Waals surface area contributed by atoms with Gasteiger partial charge in [-0.05, 0) is 38.4 Å². The number of ether oxygens (including phenoxy) is 2. The number of carbonyl (C=O) groups excluding carboxylic acids is 2. The van der Waals surface area contributed by atoms with Gasteiger partial charge in [-0.2, -0.15) is 0 Å². The number of allylic oxidation sites excluding steroid dienone is 2. The Kier molecular flexibility index (Phi) is 10.4. The summed E-state index contributed by atoms with van der Waals surface area (Å²) >= 11 is 0. The van der Waals surface area contributed by atoms with Crippen LogP contribution in [-0.4, -0.2) is 49.1 Å². The molecule has 3 rings (SSSR count). The first-order valence-electron chi connectivity index (χ1n) is 11.3. The van der Waals surface area contributed by atoms with Crippen LogP contribution in [0.3, 0.4) is 0 Å². The summed E-state index contributed by atoms with van der Waals surface area (Å²) in [5.41, 5.74) is 3.64. The van der Waals surface area contributed by atoms with Gasteiger partial charge in [0.2, 0.25) is 0 Å². The zero-order chi connectivity index (χ0) is 25.5. The van der Waals surface area contributed by atoms with Crippen molar-refractivity contribution in [2.75, 3.05) is 27.3 Å². The lowest BCUT2D eigenvalue weighted by atomic mass is 9.75. The Labute approximate surface area is 217 Å². The molecular weight excluding hydrogens is 484 g/mol. The van der Waals surface area contributed by atoms with Gasteiger partial charge in [0.25, 0.3) is 5.69 Å². The van der Waals surface area contributed by atoms with Crippen molar-refractivity contribution in [2.45, 2.75) is 32.7 Å². The van der Waals surface area contributed by atoms with Crippen LogP contribution >= 0.6 is 12.4 Å². The van der Waals surface area contributed by atoms with E-state index >= 15 is 0 Å². The average Bonchev–Trinajstić information content (AvgIpc) is 2.83. The van der Waals surface area contributed by atoms with E-state index in [1.807, 2.05) is 49.2 Å². The summed E-state index contributed by atoms with van der Waals surface area (Å²) in [7, 11) is 3.22. The molecule has 0 amide bonds. The van der Waals surface area contributed by atoms with Gasteiger partial charge in [0, 0.05) is 42.3 Å². The molecule has 2 aromatic rings. The third kappa shape index (κ3) is 6.80. The van der Waals surface area contributed by atoms with Gasteiger partial charge >= 0.3 is 11.9 Å². The van der Waals surface area contributed by atoms with Crippen LogP contribution in [0.2, 0.25) is 0 Å². The number of halogens is 1. The first-order valence-corrected chi connectivity index (χ1v) is 11.3. The molecule has 1 atom stereocenters. The number of hydrogen-bond acceptors (Lipinski definition) is 7. The minimum absolute atomic E-state index is 0. The lowest BCUT2D eigenvalue weighted by molar-refractivity contribution is -0.384. The number of likely N-dealkylation sites (N-methyl/N-ethyl adjacent to an activating group) is 1. The second kappa shape index (κ2) is 13.0. The molecule has 0 N–H and O–H groups in total. The van der Waals surface area contributed by atoms with Gasteiger partial charge in [0.05, 0.1) is 12.0 Å². The second-order valence-electron chi connectivity index (χ2n) is 8.70. The molecule has 0 saturated heterocycles. The third-order valence-electron chi connectivity index (χ3n) is 6.07. The smallest absolute Gasteiger partial charge is 0.334 e. The minimum atomic E-state index is -0.814. The maximum absolute atomic E-state index is 13.3. The number of hydrogen-bond donors (Lipinski definition) is 0. The van der Waals surface area contributed by atoms with Crippen molar-refractivity contribution in [2.24, 2.45) is 0 Å². The van der Waals surface area contributed by atoms with E-state index in [0.717, 1.165) is 16.7 Å². The van der Waals surface area contributed by atoms with Gasteiger partial charge in [-0.3, -0.25) is 15.0 Å². The van der Waals surface area contributed by atoms with Crippen molar-refractivity contribution in [1.29, 1.82) is 0 Å². The van der Waals surface area contributed by atoms with E-state index in [9.17, 15) is 19.7 Å². The predicted octanol–water partition coefficient (Wildman–Crippen LogP) is 4.99. The van der Waals surface area contributed by atoms with Crippen molar-refractivity contribution in [3.8, 4) is 0 Å². The van der Waals surface area contributed by atoms with Crippen molar-refractivity contribution < 1.29 is 24.0 Å². The molecule has 1 aliphatic rings. The molecule has 1 unspecified atom stereocenters. The maximum Gasteiger partial charge on any atom is 0.334 e. The molecule has 2 aromatic carbocycles. The molecule has 1 aliphatic carbocycles. The van der Waals surface area contributed by atoms with E-state index in [0.29, 0.717) is 36.2 Å². The van der Waals surface area contributed by atoms with Crippen molar-refractivity contribution in [3.63, 3.8) is 0 Å². The predicted molar refractivity (Wildman–Crippen MR) is 139 cm³/mol. The Balaban J connectivity index is 0.00000456. The SMILES string of the molecule is COC(=O)C1=C(C)CC(C)=C(C(=O)OCCN(C)Cc2ccccc2)C1c1cccc([N+](=O)[O-])c1.Cl. The number of esters is 2. The first-order chi connectivity index (χ1) is 16.7. The topological polar surface area (TPSA) is 99.0 Å². The molecule has 0 heterocycles. The summed E-state index contributed by atoms with van der Waals surface area (Å²) in [5, 5.41) is 11.4. The quantitative estimate of drug-likeness (QED) is 0.264. The number of nitro benzene ring substituents is 1. The van der Waals surface area contributed by atoms with Gasteiger partial charge in [0.15, 0.2) is 0 Å². The Morgan fingerprint density at radius 2 is 1.67 bits per heavy atom. The van der Waals surface area contributed by atoms with E-state index in [-0.39, 0.29) is 24.7 Å². The van der Waals surface area contributed by atoms with Crippen LogP contribution in [-0.2, 0) is 25.6 Å². The lowest BCUT2D eigenvalue weighted by Gasteiger charge is -2.29. The highest BCUT2D eigenvalue weighted by molar-refractivity contribution is 6.00. The van der Waals surface area contributed by atoms with E-state index in [4.69, 9.17) is 9.47 Å². The van der Waals surface area contributed by atoms with Crippen molar-refractivity contribution in [1.82, 2.24) is 4.90 Å². The number of rotatable bonds is 9. The molecular formula is C27H31ClN2O6.